The molecule has 7 heteroatoms. The number of ether oxygens (including phenoxy) is 1. The normalized spacial score (nSPS) is 18.6. The number of carbonyl (C=O) groups excluding carboxylic acids is 1. The number of anilines is 1. The van der Waals surface area contributed by atoms with Crippen LogP contribution in [-0.2, 0) is 10.2 Å². The standard InChI is InChI=1S/C21H25ClN4O2/c1-25(20-23-13-15(22)14-24-20)16-7-11-26(12-8-16)19(27)21(9-10-21)17-5-3-4-6-18(17)28-2/h3-6,13-14,16H,7-12H2,1-2H3. The summed E-state index contributed by atoms with van der Waals surface area (Å²) in [5, 5.41) is 0.531. The minimum atomic E-state index is -0.398. The molecular formula is C21H25ClN4O2. The van der Waals surface area contributed by atoms with Crippen LogP contribution < -0.4 is 9.64 Å². The van der Waals surface area contributed by atoms with Gasteiger partial charge in [0, 0.05) is 31.7 Å². The zero-order valence-corrected chi connectivity index (χ0v) is 17.0. The largest absolute Gasteiger partial charge is 0.496 e. The van der Waals surface area contributed by atoms with E-state index in [1.165, 1.54) is 0 Å². The van der Waals surface area contributed by atoms with E-state index in [9.17, 15) is 4.79 Å². The minimum Gasteiger partial charge on any atom is -0.496 e. The Morgan fingerprint density at radius 2 is 1.86 bits per heavy atom. The highest BCUT2D eigenvalue weighted by Crippen LogP contribution is 2.52. The Hall–Kier alpha value is -2.34. The number of benzene rings is 1. The second-order valence-corrected chi connectivity index (χ2v) is 8.05. The van der Waals surface area contributed by atoms with Crippen LogP contribution in [0.4, 0.5) is 5.95 Å². The second kappa shape index (κ2) is 7.59. The second-order valence-electron chi connectivity index (χ2n) is 7.62. The molecule has 0 unspecified atom stereocenters. The summed E-state index contributed by atoms with van der Waals surface area (Å²) in [4.78, 5) is 26.1. The van der Waals surface area contributed by atoms with Crippen molar-refractivity contribution in [2.24, 2.45) is 0 Å². The lowest BCUT2D eigenvalue weighted by Crippen LogP contribution is -2.49. The molecule has 28 heavy (non-hydrogen) atoms. The number of hydrogen-bond acceptors (Lipinski definition) is 5. The summed E-state index contributed by atoms with van der Waals surface area (Å²) in [6.45, 7) is 1.50. The monoisotopic (exact) mass is 400 g/mol. The number of aromatic nitrogens is 2. The first-order valence-electron chi connectivity index (χ1n) is 9.68. The van der Waals surface area contributed by atoms with E-state index in [-0.39, 0.29) is 5.91 Å². The fourth-order valence-corrected chi connectivity index (χ4v) is 4.27. The van der Waals surface area contributed by atoms with Gasteiger partial charge in [-0.1, -0.05) is 29.8 Å². The number of amides is 1. The van der Waals surface area contributed by atoms with Crippen LogP contribution in [0.5, 0.6) is 5.75 Å². The van der Waals surface area contributed by atoms with E-state index in [0.29, 0.717) is 17.0 Å². The third-order valence-electron chi connectivity index (χ3n) is 6.00. The maximum atomic E-state index is 13.4. The molecule has 1 aromatic carbocycles. The molecule has 148 valence electrons. The number of methoxy groups -OCH3 is 1. The van der Waals surface area contributed by atoms with Gasteiger partial charge in [-0.2, -0.15) is 0 Å². The number of likely N-dealkylation sites (tertiary alicyclic amines) is 1. The van der Waals surface area contributed by atoms with Gasteiger partial charge in [-0.25, -0.2) is 9.97 Å². The molecule has 1 aromatic heterocycles. The highest BCUT2D eigenvalue weighted by Gasteiger charge is 2.54. The van der Waals surface area contributed by atoms with E-state index >= 15 is 0 Å². The van der Waals surface area contributed by atoms with Crippen LogP contribution in [0.2, 0.25) is 5.02 Å². The van der Waals surface area contributed by atoms with Crippen molar-refractivity contribution in [2.45, 2.75) is 37.1 Å². The van der Waals surface area contributed by atoms with Gasteiger partial charge in [0.05, 0.1) is 29.9 Å². The third-order valence-corrected chi connectivity index (χ3v) is 6.20. The fraction of sp³-hybridized carbons (Fsp3) is 0.476. The van der Waals surface area contributed by atoms with Gasteiger partial charge in [0.25, 0.3) is 0 Å². The molecule has 2 aliphatic rings. The van der Waals surface area contributed by atoms with E-state index in [1.54, 1.807) is 19.5 Å². The Morgan fingerprint density at radius 3 is 2.46 bits per heavy atom. The van der Waals surface area contributed by atoms with Crippen LogP contribution in [0, 0.1) is 0 Å². The SMILES string of the molecule is COc1ccccc1C1(C(=O)N2CCC(N(C)c3ncc(Cl)cn3)CC2)CC1. The minimum absolute atomic E-state index is 0.237. The molecule has 1 amide bonds. The van der Waals surface area contributed by atoms with Gasteiger partial charge in [0.2, 0.25) is 11.9 Å². The lowest BCUT2D eigenvalue weighted by atomic mass is 9.92. The summed E-state index contributed by atoms with van der Waals surface area (Å²) in [6.07, 6.45) is 6.81. The van der Waals surface area contributed by atoms with Gasteiger partial charge >= 0.3 is 0 Å². The van der Waals surface area contributed by atoms with E-state index < -0.39 is 5.41 Å². The topological polar surface area (TPSA) is 58.6 Å². The average Bonchev–Trinajstić information content (AvgIpc) is 3.55. The number of nitrogens with zero attached hydrogens (tertiary/aromatic N) is 4. The summed E-state index contributed by atoms with van der Waals surface area (Å²) >= 11 is 5.88. The van der Waals surface area contributed by atoms with Crippen molar-refractivity contribution >= 4 is 23.5 Å². The third kappa shape index (κ3) is 3.41. The van der Waals surface area contributed by atoms with Crippen LogP contribution in [0.3, 0.4) is 0 Å². The van der Waals surface area contributed by atoms with Gasteiger partial charge in [-0.15, -0.1) is 0 Å². The first-order chi connectivity index (χ1) is 13.5. The summed E-state index contributed by atoms with van der Waals surface area (Å²) in [7, 11) is 3.67. The number of hydrogen-bond donors (Lipinski definition) is 0. The Kier molecular flexibility index (Phi) is 5.15. The van der Waals surface area contributed by atoms with E-state index in [1.807, 2.05) is 36.2 Å². The van der Waals surface area contributed by atoms with Crippen LogP contribution in [0.15, 0.2) is 36.7 Å². The molecule has 2 aromatic rings. The predicted molar refractivity (Wildman–Crippen MR) is 109 cm³/mol. The molecule has 0 bridgehead atoms. The molecule has 2 fully saturated rings. The molecule has 1 aliphatic carbocycles. The molecule has 6 nitrogen and oxygen atoms in total. The van der Waals surface area contributed by atoms with Crippen molar-refractivity contribution in [3.05, 3.63) is 47.2 Å². The van der Waals surface area contributed by atoms with Crippen molar-refractivity contribution in [1.29, 1.82) is 0 Å². The van der Waals surface area contributed by atoms with Gasteiger partial charge in [-0.05, 0) is 31.7 Å². The van der Waals surface area contributed by atoms with Crippen LogP contribution >= 0.6 is 11.6 Å². The lowest BCUT2D eigenvalue weighted by molar-refractivity contribution is -0.135. The van der Waals surface area contributed by atoms with Crippen LogP contribution in [0.1, 0.15) is 31.2 Å². The molecule has 1 saturated carbocycles. The highest BCUT2D eigenvalue weighted by atomic mass is 35.5. The number of piperidine rings is 1. The van der Waals surface area contributed by atoms with Crippen molar-refractivity contribution in [3.63, 3.8) is 0 Å². The Morgan fingerprint density at radius 1 is 1.21 bits per heavy atom. The molecule has 0 spiro atoms. The summed E-state index contributed by atoms with van der Waals surface area (Å²) < 4.78 is 5.51. The summed E-state index contributed by atoms with van der Waals surface area (Å²) in [6, 6.07) is 8.21. The Labute approximate surface area is 170 Å². The zero-order valence-electron chi connectivity index (χ0n) is 16.3. The van der Waals surface area contributed by atoms with Crippen molar-refractivity contribution in [1.82, 2.24) is 14.9 Å². The number of halogens is 1. The smallest absolute Gasteiger partial charge is 0.233 e. The number of carbonyl (C=O) groups is 1. The average molecular weight is 401 g/mol. The van der Waals surface area contributed by atoms with Gasteiger partial charge in [0.15, 0.2) is 0 Å². The number of para-hydroxylation sites is 1. The highest BCUT2D eigenvalue weighted by molar-refractivity contribution is 6.30. The van der Waals surface area contributed by atoms with Gasteiger partial charge in [-0.3, -0.25) is 4.79 Å². The molecular weight excluding hydrogens is 376 g/mol. The predicted octanol–water partition coefficient (Wildman–Crippen LogP) is 3.30. The Balaban J connectivity index is 1.42. The molecule has 0 atom stereocenters. The van der Waals surface area contributed by atoms with Crippen molar-refractivity contribution < 1.29 is 9.53 Å². The first-order valence-corrected chi connectivity index (χ1v) is 10.1. The lowest BCUT2D eigenvalue weighted by Gasteiger charge is -2.38. The van der Waals surface area contributed by atoms with Crippen molar-refractivity contribution in [3.8, 4) is 5.75 Å². The molecule has 1 saturated heterocycles. The molecule has 1 aliphatic heterocycles. The van der Waals surface area contributed by atoms with E-state index in [0.717, 1.165) is 50.1 Å². The van der Waals surface area contributed by atoms with Crippen LogP contribution in [0.25, 0.3) is 0 Å². The van der Waals surface area contributed by atoms with Gasteiger partial charge < -0.3 is 14.5 Å². The fourth-order valence-electron chi connectivity index (χ4n) is 4.17. The Bertz CT molecular complexity index is 846. The summed E-state index contributed by atoms with van der Waals surface area (Å²) in [5.74, 6) is 1.71. The molecule has 0 N–H and O–H groups in total. The maximum Gasteiger partial charge on any atom is 0.233 e. The first kappa shape index (κ1) is 19.0. The molecule has 4 rings (SSSR count). The maximum absolute atomic E-state index is 13.4. The molecule has 0 radical (unpaired) electrons. The quantitative estimate of drug-likeness (QED) is 0.770. The van der Waals surface area contributed by atoms with Crippen LogP contribution in [-0.4, -0.2) is 54.1 Å². The number of rotatable bonds is 5. The van der Waals surface area contributed by atoms with E-state index in [4.69, 9.17) is 16.3 Å². The van der Waals surface area contributed by atoms with Gasteiger partial charge in [0.1, 0.15) is 5.75 Å². The summed E-state index contributed by atoms with van der Waals surface area (Å²) in [5.41, 5.74) is 0.626. The van der Waals surface area contributed by atoms with Crippen molar-refractivity contribution in [2.75, 3.05) is 32.1 Å². The molecule has 2 heterocycles. The van der Waals surface area contributed by atoms with E-state index in [2.05, 4.69) is 14.9 Å². The zero-order chi connectivity index (χ0) is 19.7.